The van der Waals surface area contributed by atoms with E-state index >= 15 is 0 Å². The summed E-state index contributed by atoms with van der Waals surface area (Å²) in [6.45, 7) is 0.722. The topological polar surface area (TPSA) is 30.5 Å². The average molecular weight is 215 g/mol. The van der Waals surface area contributed by atoms with E-state index in [0.717, 1.165) is 6.07 Å². The largest absolute Gasteiger partial charge is 0.486 e. The first-order valence-corrected chi connectivity index (χ1v) is 4.58. The van der Waals surface area contributed by atoms with E-state index in [1.807, 2.05) is 0 Å². The van der Waals surface area contributed by atoms with E-state index in [1.165, 1.54) is 6.07 Å². The van der Waals surface area contributed by atoms with Gasteiger partial charge in [-0.1, -0.05) is 0 Å². The lowest BCUT2D eigenvalue weighted by atomic mass is 10.2. The van der Waals surface area contributed by atoms with Gasteiger partial charge < -0.3 is 14.8 Å². The molecule has 2 rings (SSSR count). The van der Waals surface area contributed by atoms with Crippen LogP contribution in [0, 0.1) is 11.6 Å². The molecule has 1 atom stereocenters. The van der Waals surface area contributed by atoms with Crippen molar-refractivity contribution in [1.82, 2.24) is 0 Å². The maximum Gasteiger partial charge on any atom is 0.202 e. The number of nitrogens with one attached hydrogen (secondary N) is 1. The van der Waals surface area contributed by atoms with Crippen molar-refractivity contribution in [2.45, 2.75) is 6.04 Å². The lowest BCUT2D eigenvalue weighted by molar-refractivity contribution is 0.152. The van der Waals surface area contributed by atoms with E-state index in [0.29, 0.717) is 12.3 Å². The molecule has 0 fully saturated rings. The summed E-state index contributed by atoms with van der Waals surface area (Å²) in [5, 5.41) is 3.01. The van der Waals surface area contributed by atoms with Crippen LogP contribution in [0.15, 0.2) is 12.1 Å². The Morgan fingerprint density at radius 1 is 1.53 bits per heavy atom. The predicted molar refractivity (Wildman–Crippen MR) is 51.1 cm³/mol. The van der Waals surface area contributed by atoms with E-state index in [2.05, 4.69) is 5.32 Å². The summed E-state index contributed by atoms with van der Waals surface area (Å²) in [5.74, 6) is -1.90. The van der Waals surface area contributed by atoms with Crippen molar-refractivity contribution in [3.8, 4) is 5.75 Å². The Kier molecular flexibility index (Phi) is 2.73. The summed E-state index contributed by atoms with van der Waals surface area (Å²) >= 11 is 0. The van der Waals surface area contributed by atoms with Gasteiger partial charge in [0.2, 0.25) is 5.82 Å². The zero-order valence-corrected chi connectivity index (χ0v) is 8.22. The average Bonchev–Trinajstić information content (AvgIpc) is 2.24. The van der Waals surface area contributed by atoms with Crippen molar-refractivity contribution in [2.24, 2.45) is 0 Å². The van der Waals surface area contributed by atoms with E-state index in [9.17, 15) is 8.78 Å². The van der Waals surface area contributed by atoms with E-state index < -0.39 is 11.6 Å². The second-order valence-corrected chi connectivity index (χ2v) is 3.35. The molecule has 0 saturated carbocycles. The minimum atomic E-state index is -0.948. The Hall–Kier alpha value is -1.36. The second kappa shape index (κ2) is 4.02. The summed E-state index contributed by atoms with van der Waals surface area (Å²) in [6.07, 6.45) is 0. The third kappa shape index (κ3) is 1.87. The number of hydrogen-bond acceptors (Lipinski definition) is 3. The molecular formula is C10H11F2NO2. The molecule has 1 heterocycles. The summed E-state index contributed by atoms with van der Waals surface area (Å²) in [5.41, 5.74) is 0.460. The van der Waals surface area contributed by atoms with Gasteiger partial charge in [-0.2, -0.15) is 4.39 Å². The molecule has 1 aromatic carbocycles. The van der Waals surface area contributed by atoms with Crippen molar-refractivity contribution in [3.05, 3.63) is 23.8 Å². The van der Waals surface area contributed by atoms with Crippen molar-refractivity contribution >= 4 is 5.69 Å². The van der Waals surface area contributed by atoms with Crippen molar-refractivity contribution < 1.29 is 18.3 Å². The first-order valence-electron chi connectivity index (χ1n) is 4.58. The minimum Gasteiger partial charge on any atom is -0.486 e. The molecule has 1 aliphatic heterocycles. The predicted octanol–water partition coefficient (Wildman–Crippen LogP) is 1.78. The highest BCUT2D eigenvalue weighted by Gasteiger charge is 2.23. The van der Waals surface area contributed by atoms with Crippen LogP contribution < -0.4 is 10.1 Å². The lowest BCUT2D eigenvalue weighted by Crippen LogP contribution is -2.35. The molecule has 0 saturated heterocycles. The van der Waals surface area contributed by atoms with Gasteiger partial charge in [-0.05, 0) is 12.1 Å². The van der Waals surface area contributed by atoms with Gasteiger partial charge in [0.1, 0.15) is 6.61 Å². The fourth-order valence-electron chi connectivity index (χ4n) is 1.52. The summed E-state index contributed by atoms with van der Waals surface area (Å²) in [7, 11) is 1.57. The zero-order valence-electron chi connectivity index (χ0n) is 8.22. The molecule has 5 heteroatoms. The SMILES string of the molecule is COCC1COc2c(ccc(F)c2F)N1. The van der Waals surface area contributed by atoms with E-state index in [1.54, 1.807) is 7.11 Å². The van der Waals surface area contributed by atoms with Gasteiger partial charge in [-0.3, -0.25) is 0 Å². The Balaban J connectivity index is 2.24. The van der Waals surface area contributed by atoms with Gasteiger partial charge in [0, 0.05) is 7.11 Å². The van der Waals surface area contributed by atoms with Crippen LogP contribution in [0.25, 0.3) is 0 Å². The standard InChI is InChI=1S/C10H11F2NO2/c1-14-4-6-5-15-10-8(13-6)3-2-7(11)9(10)12/h2-3,6,13H,4-5H2,1H3. The van der Waals surface area contributed by atoms with Crippen LogP contribution in [0.5, 0.6) is 5.75 Å². The molecule has 0 amide bonds. The molecule has 15 heavy (non-hydrogen) atoms. The van der Waals surface area contributed by atoms with Gasteiger partial charge in [0.15, 0.2) is 11.6 Å². The summed E-state index contributed by atoms with van der Waals surface area (Å²) < 4.78 is 36.2. The number of fused-ring (bicyclic) bond motifs is 1. The van der Waals surface area contributed by atoms with Gasteiger partial charge in [-0.25, -0.2) is 4.39 Å². The Labute approximate surface area is 86.0 Å². The molecule has 82 valence electrons. The van der Waals surface area contributed by atoms with Crippen LogP contribution in [0.2, 0.25) is 0 Å². The maximum absolute atomic E-state index is 13.2. The number of benzene rings is 1. The Morgan fingerprint density at radius 3 is 3.07 bits per heavy atom. The molecule has 0 aromatic heterocycles. The minimum absolute atomic E-state index is 0.0349. The van der Waals surface area contributed by atoms with Crippen LogP contribution in [-0.2, 0) is 4.74 Å². The van der Waals surface area contributed by atoms with E-state index in [-0.39, 0.29) is 18.4 Å². The number of ether oxygens (including phenoxy) is 2. The molecule has 0 bridgehead atoms. The fraction of sp³-hybridized carbons (Fsp3) is 0.400. The zero-order chi connectivity index (χ0) is 10.8. The quantitative estimate of drug-likeness (QED) is 0.815. The summed E-state index contributed by atoms with van der Waals surface area (Å²) in [4.78, 5) is 0. The molecule has 0 aliphatic carbocycles. The van der Waals surface area contributed by atoms with E-state index in [4.69, 9.17) is 9.47 Å². The highest BCUT2D eigenvalue weighted by atomic mass is 19.2. The normalized spacial score (nSPS) is 19.0. The Morgan fingerprint density at radius 2 is 2.33 bits per heavy atom. The van der Waals surface area contributed by atoms with Crippen LogP contribution in [0.3, 0.4) is 0 Å². The summed E-state index contributed by atoms with van der Waals surface area (Å²) in [6, 6.07) is 2.49. The molecule has 1 N–H and O–H groups in total. The molecule has 1 unspecified atom stereocenters. The first-order chi connectivity index (χ1) is 7.22. The molecule has 0 radical (unpaired) electrons. The third-order valence-corrected chi connectivity index (χ3v) is 2.21. The number of rotatable bonds is 2. The first kappa shape index (κ1) is 10.2. The fourth-order valence-corrected chi connectivity index (χ4v) is 1.52. The third-order valence-electron chi connectivity index (χ3n) is 2.21. The monoisotopic (exact) mass is 215 g/mol. The van der Waals surface area contributed by atoms with Crippen molar-refractivity contribution in [1.29, 1.82) is 0 Å². The molecule has 3 nitrogen and oxygen atoms in total. The highest BCUT2D eigenvalue weighted by Crippen LogP contribution is 2.32. The molecule has 1 aliphatic rings. The van der Waals surface area contributed by atoms with Gasteiger partial charge in [0.05, 0.1) is 18.3 Å². The van der Waals surface area contributed by atoms with Crippen LogP contribution >= 0.6 is 0 Å². The Bertz CT molecular complexity index is 371. The highest BCUT2D eigenvalue weighted by molar-refractivity contribution is 5.59. The lowest BCUT2D eigenvalue weighted by Gasteiger charge is -2.27. The number of methoxy groups -OCH3 is 1. The number of hydrogen-bond donors (Lipinski definition) is 1. The van der Waals surface area contributed by atoms with Crippen LogP contribution in [0.4, 0.5) is 14.5 Å². The van der Waals surface area contributed by atoms with Crippen LogP contribution in [0.1, 0.15) is 0 Å². The smallest absolute Gasteiger partial charge is 0.202 e. The molecule has 0 spiro atoms. The molecule has 1 aromatic rings. The molecular weight excluding hydrogens is 204 g/mol. The van der Waals surface area contributed by atoms with Crippen LogP contribution in [-0.4, -0.2) is 26.4 Å². The van der Waals surface area contributed by atoms with Gasteiger partial charge in [-0.15, -0.1) is 0 Å². The van der Waals surface area contributed by atoms with Gasteiger partial charge >= 0.3 is 0 Å². The number of halogens is 2. The van der Waals surface area contributed by atoms with Crippen molar-refractivity contribution in [2.75, 3.05) is 25.6 Å². The maximum atomic E-state index is 13.2. The number of anilines is 1. The van der Waals surface area contributed by atoms with Crippen molar-refractivity contribution in [3.63, 3.8) is 0 Å². The second-order valence-electron chi connectivity index (χ2n) is 3.35. The van der Waals surface area contributed by atoms with Gasteiger partial charge in [0.25, 0.3) is 0 Å².